The molecule has 0 aliphatic rings. The van der Waals surface area contributed by atoms with Gasteiger partial charge in [0.25, 0.3) is 11.5 Å². The van der Waals surface area contributed by atoms with E-state index in [9.17, 15) is 9.59 Å². The number of ether oxygens (including phenoxy) is 4. The van der Waals surface area contributed by atoms with Crippen molar-refractivity contribution in [3.63, 3.8) is 0 Å². The van der Waals surface area contributed by atoms with Crippen molar-refractivity contribution in [3.05, 3.63) is 87.4 Å². The van der Waals surface area contributed by atoms with E-state index in [4.69, 9.17) is 30.5 Å². The molecule has 2 heterocycles. The van der Waals surface area contributed by atoms with E-state index in [1.54, 1.807) is 48.5 Å². The van der Waals surface area contributed by atoms with Gasteiger partial charge in [0.15, 0.2) is 11.5 Å². The first kappa shape index (κ1) is 23.9. The van der Waals surface area contributed by atoms with Crippen molar-refractivity contribution in [1.29, 1.82) is 0 Å². The smallest absolute Gasteiger partial charge is 0.258 e. The fraction of sp³-hybridized carbons (Fsp3) is 0.160. The molecule has 0 fully saturated rings. The summed E-state index contributed by atoms with van der Waals surface area (Å²) in [4.78, 5) is 29.6. The third kappa shape index (κ3) is 5.30. The number of halogens is 1. The van der Waals surface area contributed by atoms with Crippen molar-refractivity contribution < 1.29 is 23.7 Å². The first-order chi connectivity index (χ1) is 16.9. The van der Waals surface area contributed by atoms with Gasteiger partial charge >= 0.3 is 0 Å². The molecule has 0 unspecified atom stereocenters. The number of nitrogens with zero attached hydrogens (tertiary/aromatic N) is 2. The summed E-state index contributed by atoms with van der Waals surface area (Å²) in [6, 6.07) is 14.7. The molecule has 0 saturated heterocycles. The fourth-order valence-electron chi connectivity index (χ4n) is 3.44. The molecular formula is C25H22ClN3O6. The summed E-state index contributed by atoms with van der Waals surface area (Å²) in [5.41, 5.74) is 1.51. The molecule has 4 aromatic rings. The Morgan fingerprint density at radius 2 is 1.74 bits per heavy atom. The van der Waals surface area contributed by atoms with Gasteiger partial charge in [-0.2, -0.15) is 0 Å². The molecule has 180 valence electrons. The molecule has 1 N–H and O–H groups in total. The average Bonchev–Trinajstić information content (AvgIpc) is 2.87. The van der Waals surface area contributed by atoms with Crippen molar-refractivity contribution in [2.24, 2.45) is 0 Å². The van der Waals surface area contributed by atoms with E-state index in [0.717, 1.165) is 0 Å². The Morgan fingerprint density at radius 3 is 2.43 bits per heavy atom. The second-order valence-corrected chi connectivity index (χ2v) is 7.78. The molecule has 0 saturated carbocycles. The van der Waals surface area contributed by atoms with E-state index in [-0.39, 0.29) is 18.1 Å². The Kier molecular flexibility index (Phi) is 7.07. The summed E-state index contributed by atoms with van der Waals surface area (Å²) in [5.74, 6) is 1.26. The maximum absolute atomic E-state index is 12.9. The van der Waals surface area contributed by atoms with Crippen LogP contribution in [0.5, 0.6) is 23.0 Å². The lowest BCUT2D eigenvalue weighted by Crippen LogP contribution is -2.16. The van der Waals surface area contributed by atoms with E-state index in [1.165, 1.54) is 38.0 Å². The van der Waals surface area contributed by atoms with Gasteiger partial charge in [-0.05, 0) is 36.4 Å². The van der Waals surface area contributed by atoms with E-state index < -0.39 is 0 Å². The molecule has 0 aliphatic carbocycles. The van der Waals surface area contributed by atoms with Gasteiger partial charge in [0, 0.05) is 29.6 Å². The van der Waals surface area contributed by atoms with Gasteiger partial charge in [-0.1, -0.05) is 17.7 Å². The first-order valence-electron chi connectivity index (χ1n) is 10.4. The number of hydrogen-bond acceptors (Lipinski definition) is 7. The van der Waals surface area contributed by atoms with Crippen LogP contribution in [0.4, 0.5) is 5.69 Å². The zero-order valence-electron chi connectivity index (χ0n) is 19.2. The molecule has 35 heavy (non-hydrogen) atoms. The number of amides is 1. The molecule has 0 radical (unpaired) electrons. The van der Waals surface area contributed by atoms with Crippen LogP contribution >= 0.6 is 11.6 Å². The summed E-state index contributed by atoms with van der Waals surface area (Å²) in [6.07, 6.45) is 1.51. The standard InChI is InChI=1S/C25H22ClN3O6/c1-32-20-9-15(10-21(33-2)24(20)34-3)25(31)28-17-5-4-6-19(11-17)35-14-18-12-23(30)29-13-16(26)7-8-22(29)27-18/h4-13H,14H2,1-3H3,(H,28,31). The SMILES string of the molecule is COc1cc(C(=O)Nc2cccc(OCc3cc(=O)n4cc(Cl)ccc4n3)c2)cc(OC)c1OC. The van der Waals surface area contributed by atoms with E-state index >= 15 is 0 Å². The molecule has 0 spiro atoms. The van der Waals surface area contributed by atoms with E-state index in [0.29, 0.717) is 50.6 Å². The van der Waals surface area contributed by atoms with Gasteiger partial charge < -0.3 is 24.3 Å². The number of carbonyl (C=O) groups is 1. The Hall–Kier alpha value is -4.24. The second kappa shape index (κ2) is 10.4. The Bertz CT molecular complexity index is 1430. The average molecular weight is 496 g/mol. The zero-order valence-corrected chi connectivity index (χ0v) is 20.0. The van der Waals surface area contributed by atoms with Crippen LogP contribution in [0, 0.1) is 0 Å². The zero-order chi connectivity index (χ0) is 24.9. The molecular weight excluding hydrogens is 474 g/mol. The Balaban J connectivity index is 1.49. The molecule has 2 aromatic heterocycles. The van der Waals surface area contributed by atoms with E-state index in [2.05, 4.69) is 10.3 Å². The van der Waals surface area contributed by atoms with Crippen molar-refractivity contribution in [2.45, 2.75) is 6.61 Å². The van der Waals surface area contributed by atoms with Crippen LogP contribution in [0.15, 0.2) is 65.6 Å². The highest BCUT2D eigenvalue weighted by atomic mass is 35.5. The minimum atomic E-state index is -0.371. The second-order valence-electron chi connectivity index (χ2n) is 7.35. The number of methoxy groups -OCH3 is 3. The first-order valence-corrected chi connectivity index (χ1v) is 10.8. The quantitative estimate of drug-likeness (QED) is 0.391. The van der Waals surface area contributed by atoms with Crippen molar-refractivity contribution >= 4 is 28.8 Å². The molecule has 1 amide bonds. The topological polar surface area (TPSA) is 100 Å². The molecule has 10 heteroatoms. The Labute approximate surface area is 205 Å². The van der Waals surface area contributed by atoms with Gasteiger partial charge in [0.2, 0.25) is 5.75 Å². The number of fused-ring (bicyclic) bond motifs is 1. The monoisotopic (exact) mass is 495 g/mol. The lowest BCUT2D eigenvalue weighted by Gasteiger charge is -2.14. The number of rotatable bonds is 8. The van der Waals surface area contributed by atoms with Gasteiger partial charge in [0.1, 0.15) is 18.0 Å². The lowest BCUT2D eigenvalue weighted by atomic mass is 10.1. The number of aromatic nitrogens is 2. The molecule has 4 rings (SSSR count). The highest BCUT2D eigenvalue weighted by Crippen LogP contribution is 2.38. The molecule has 0 atom stereocenters. The van der Waals surface area contributed by atoms with Crippen LogP contribution in [-0.4, -0.2) is 36.6 Å². The predicted octanol–water partition coefficient (Wildman–Crippen LogP) is 4.21. The van der Waals surface area contributed by atoms with Crippen LogP contribution in [0.1, 0.15) is 16.1 Å². The predicted molar refractivity (Wildman–Crippen MR) is 131 cm³/mol. The molecule has 2 aromatic carbocycles. The van der Waals surface area contributed by atoms with Gasteiger partial charge in [-0.25, -0.2) is 4.98 Å². The van der Waals surface area contributed by atoms with Crippen LogP contribution in [-0.2, 0) is 6.61 Å². The lowest BCUT2D eigenvalue weighted by molar-refractivity contribution is 0.102. The number of carbonyl (C=O) groups excluding carboxylic acids is 1. The minimum Gasteiger partial charge on any atom is -0.493 e. The van der Waals surface area contributed by atoms with Crippen molar-refractivity contribution in [1.82, 2.24) is 9.38 Å². The normalized spacial score (nSPS) is 10.6. The van der Waals surface area contributed by atoms with Crippen LogP contribution in [0.25, 0.3) is 5.65 Å². The third-order valence-corrected chi connectivity index (χ3v) is 5.31. The van der Waals surface area contributed by atoms with Crippen LogP contribution < -0.4 is 29.8 Å². The largest absolute Gasteiger partial charge is 0.493 e. The van der Waals surface area contributed by atoms with Crippen LogP contribution in [0.3, 0.4) is 0 Å². The Morgan fingerprint density at radius 1 is 1.00 bits per heavy atom. The number of anilines is 1. The van der Waals surface area contributed by atoms with E-state index in [1.807, 2.05) is 0 Å². The van der Waals surface area contributed by atoms with Crippen molar-refractivity contribution in [2.75, 3.05) is 26.6 Å². The fourth-order valence-corrected chi connectivity index (χ4v) is 3.60. The summed E-state index contributed by atoms with van der Waals surface area (Å²) >= 11 is 5.95. The van der Waals surface area contributed by atoms with Gasteiger partial charge in [0.05, 0.1) is 32.0 Å². The van der Waals surface area contributed by atoms with Gasteiger partial charge in [-0.15, -0.1) is 0 Å². The molecule has 0 aliphatic heterocycles. The summed E-state index contributed by atoms with van der Waals surface area (Å²) in [6.45, 7) is 0.0681. The van der Waals surface area contributed by atoms with Crippen LogP contribution in [0.2, 0.25) is 5.02 Å². The summed E-state index contributed by atoms with van der Waals surface area (Å²) < 4.78 is 23.1. The number of benzene rings is 2. The van der Waals surface area contributed by atoms with Gasteiger partial charge in [-0.3, -0.25) is 14.0 Å². The summed E-state index contributed by atoms with van der Waals surface area (Å²) in [7, 11) is 4.45. The third-order valence-electron chi connectivity index (χ3n) is 5.08. The highest BCUT2D eigenvalue weighted by molar-refractivity contribution is 6.30. The molecule has 0 bridgehead atoms. The number of pyridine rings is 1. The maximum atomic E-state index is 12.9. The minimum absolute atomic E-state index is 0.0681. The van der Waals surface area contributed by atoms with Crippen molar-refractivity contribution in [3.8, 4) is 23.0 Å². The summed E-state index contributed by atoms with van der Waals surface area (Å²) in [5, 5.41) is 3.26. The molecule has 9 nitrogen and oxygen atoms in total. The highest BCUT2D eigenvalue weighted by Gasteiger charge is 2.17. The number of nitrogens with one attached hydrogen (secondary N) is 1. The maximum Gasteiger partial charge on any atom is 0.258 e. The number of hydrogen-bond donors (Lipinski definition) is 1.